The first-order valence-corrected chi connectivity index (χ1v) is 5.09. The summed E-state index contributed by atoms with van der Waals surface area (Å²) in [6.07, 6.45) is -5.92. The summed E-state index contributed by atoms with van der Waals surface area (Å²) in [6.45, 7) is 0. The average molecular weight is 282 g/mol. The molecule has 0 atom stereocenters. The summed E-state index contributed by atoms with van der Waals surface area (Å²) in [6, 6.07) is 5.42. The molecule has 0 aromatic heterocycles. The number of hydrogen-bond acceptors (Lipinski definition) is 2. The van der Waals surface area contributed by atoms with Gasteiger partial charge in [-0.25, -0.2) is 0 Å². The maximum absolute atomic E-state index is 12.7. The maximum atomic E-state index is 12.7. The van der Waals surface area contributed by atoms with Gasteiger partial charge in [0, 0.05) is 25.5 Å². The summed E-state index contributed by atoms with van der Waals surface area (Å²) in [7, 11) is 3.46. The second-order valence-corrected chi connectivity index (χ2v) is 3.97. The third-order valence-electron chi connectivity index (χ3n) is 2.28. The number of nitrogens with zero attached hydrogens (tertiary/aromatic N) is 1. The largest absolute Gasteiger partial charge is 0.463 e. The topological polar surface area (TPSA) is 32.3 Å². The second-order valence-electron chi connectivity index (χ2n) is 3.97. The van der Waals surface area contributed by atoms with E-state index in [4.69, 9.17) is 0 Å². The number of halogens is 5. The van der Waals surface area contributed by atoms with Gasteiger partial charge in [0.2, 0.25) is 0 Å². The fourth-order valence-electron chi connectivity index (χ4n) is 1.18. The smallest absolute Gasteiger partial charge is 0.378 e. The molecular weight excluding hydrogens is 271 g/mol. The number of amides is 1. The first-order chi connectivity index (χ1) is 8.55. The molecule has 0 aliphatic carbocycles. The Kier molecular flexibility index (Phi) is 4.02. The van der Waals surface area contributed by atoms with E-state index in [1.54, 1.807) is 19.0 Å². The highest BCUT2D eigenvalue weighted by atomic mass is 19.4. The molecule has 0 aliphatic rings. The normalized spacial score (nSPS) is 12.2. The summed E-state index contributed by atoms with van der Waals surface area (Å²) in [4.78, 5) is 12.6. The first-order valence-electron chi connectivity index (χ1n) is 5.09. The molecule has 0 spiro atoms. The number of carbonyl (C=O) groups excluding carboxylic acids is 1. The number of nitrogens with one attached hydrogen (secondary N) is 1. The van der Waals surface area contributed by atoms with E-state index in [2.05, 4.69) is 0 Å². The predicted octanol–water partition coefficient (Wildman–Crippen LogP) is 2.89. The summed E-state index contributed by atoms with van der Waals surface area (Å²) >= 11 is 0. The summed E-state index contributed by atoms with van der Waals surface area (Å²) in [5.41, 5.74) is 0.570. The molecule has 1 aromatic rings. The van der Waals surface area contributed by atoms with E-state index < -0.39 is 18.0 Å². The number of alkyl halides is 5. The van der Waals surface area contributed by atoms with Crippen molar-refractivity contribution in [1.82, 2.24) is 0 Å². The van der Waals surface area contributed by atoms with E-state index in [1.807, 2.05) is 0 Å². The fraction of sp³-hybridized carbons (Fsp3) is 0.364. The van der Waals surface area contributed by atoms with Crippen LogP contribution in [0.2, 0.25) is 0 Å². The molecule has 8 heteroatoms. The lowest BCUT2D eigenvalue weighted by Gasteiger charge is -2.19. The highest BCUT2D eigenvalue weighted by Gasteiger charge is 2.63. The van der Waals surface area contributed by atoms with Crippen molar-refractivity contribution in [2.45, 2.75) is 12.1 Å². The molecule has 106 valence electrons. The number of carbonyl (C=O) groups is 1. The van der Waals surface area contributed by atoms with Crippen LogP contribution in [0.1, 0.15) is 0 Å². The van der Waals surface area contributed by atoms with Crippen molar-refractivity contribution < 1.29 is 26.7 Å². The van der Waals surface area contributed by atoms with Crippen LogP contribution in [-0.4, -0.2) is 32.1 Å². The number of hydrogen-bond donors (Lipinski definition) is 1. The molecule has 0 saturated heterocycles. The minimum atomic E-state index is -5.92. The molecule has 0 unspecified atom stereocenters. The van der Waals surface area contributed by atoms with E-state index in [9.17, 15) is 26.7 Å². The zero-order valence-electron chi connectivity index (χ0n) is 10.1. The predicted molar refractivity (Wildman–Crippen MR) is 60.4 cm³/mol. The van der Waals surface area contributed by atoms with Crippen LogP contribution < -0.4 is 10.2 Å². The summed E-state index contributed by atoms with van der Waals surface area (Å²) in [5.74, 6) is -7.83. The highest BCUT2D eigenvalue weighted by Crippen LogP contribution is 2.36. The molecule has 1 N–H and O–H groups in total. The highest BCUT2D eigenvalue weighted by molar-refractivity contribution is 5.96. The molecule has 0 bridgehead atoms. The third kappa shape index (κ3) is 3.33. The van der Waals surface area contributed by atoms with Gasteiger partial charge in [-0.1, -0.05) is 0 Å². The fourth-order valence-corrected chi connectivity index (χ4v) is 1.18. The second kappa shape index (κ2) is 5.02. The van der Waals surface area contributed by atoms with Gasteiger partial charge in [0.25, 0.3) is 0 Å². The van der Waals surface area contributed by atoms with Crippen LogP contribution in [-0.2, 0) is 4.79 Å². The van der Waals surface area contributed by atoms with E-state index >= 15 is 0 Å². The standard InChI is InChI=1S/C11H11F5N2O/c1-18(2)8-5-3-7(4-6-8)17-9(19)10(12,13)11(14,15)16/h3-6H,1-2H3,(H,17,19). The van der Waals surface area contributed by atoms with E-state index in [0.717, 1.165) is 0 Å². The van der Waals surface area contributed by atoms with E-state index in [1.165, 1.54) is 29.6 Å². The Bertz CT molecular complexity index is 453. The van der Waals surface area contributed by atoms with E-state index in [0.29, 0.717) is 5.69 Å². The SMILES string of the molecule is CN(C)c1ccc(NC(=O)C(F)(F)C(F)(F)F)cc1. The van der Waals surface area contributed by atoms with Gasteiger partial charge in [-0.3, -0.25) is 4.79 Å². The van der Waals surface area contributed by atoms with Crippen molar-refractivity contribution in [2.75, 3.05) is 24.3 Å². The Morgan fingerprint density at radius 2 is 1.53 bits per heavy atom. The van der Waals surface area contributed by atoms with Crippen LogP contribution in [0.15, 0.2) is 24.3 Å². The Labute approximate surface area is 106 Å². The number of benzene rings is 1. The Balaban J connectivity index is 2.83. The van der Waals surface area contributed by atoms with Gasteiger partial charge in [-0.05, 0) is 24.3 Å². The molecule has 0 heterocycles. The lowest BCUT2D eigenvalue weighted by Crippen LogP contribution is -2.47. The van der Waals surface area contributed by atoms with Gasteiger partial charge in [-0.2, -0.15) is 22.0 Å². The molecule has 0 aliphatic heterocycles. The van der Waals surface area contributed by atoms with Crippen molar-refractivity contribution in [2.24, 2.45) is 0 Å². The molecule has 0 saturated carbocycles. The maximum Gasteiger partial charge on any atom is 0.463 e. The van der Waals surface area contributed by atoms with Gasteiger partial charge < -0.3 is 10.2 Å². The van der Waals surface area contributed by atoms with Crippen LogP contribution in [0.3, 0.4) is 0 Å². The lowest BCUT2D eigenvalue weighted by molar-refractivity contribution is -0.267. The molecule has 3 nitrogen and oxygen atoms in total. The van der Waals surface area contributed by atoms with Crippen molar-refractivity contribution in [3.63, 3.8) is 0 Å². The van der Waals surface area contributed by atoms with Gasteiger partial charge in [0.1, 0.15) is 0 Å². The number of anilines is 2. The summed E-state index contributed by atoms with van der Waals surface area (Å²) < 4.78 is 61.2. The lowest BCUT2D eigenvalue weighted by atomic mass is 10.2. The van der Waals surface area contributed by atoms with Gasteiger partial charge in [-0.15, -0.1) is 0 Å². The van der Waals surface area contributed by atoms with Gasteiger partial charge >= 0.3 is 18.0 Å². The van der Waals surface area contributed by atoms with E-state index in [-0.39, 0.29) is 5.69 Å². The Morgan fingerprint density at radius 3 is 1.89 bits per heavy atom. The number of rotatable bonds is 3. The quantitative estimate of drug-likeness (QED) is 0.865. The molecular formula is C11H11F5N2O. The van der Waals surface area contributed by atoms with Crippen molar-refractivity contribution >= 4 is 17.3 Å². The molecule has 19 heavy (non-hydrogen) atoms. The van der Waals surface area contributed by atoms with Crippen molar-refractivity contribution in [3.05, 3.63) is 24.3 Å². The van der Waals surface area contributed by atoms with Crippen LogP contribution in [0.4, 0.5) is 33.3 Å². The van der Waals surface area contributed by atoms with Crippen molar-refractivity contribution in [3.8, 4) is 0 Å². The molecule has 1 aromatic carbocycles. The van der Waals surface area contributed by atoms with Gasteiger partial charge in [0.15, 0.2) is 0 Å². The zero-order valence-corrected chi connectivity index (χ0v) is 10.1. The Morgan fingerprint density at radius 1 is 1.05 bits per heavy atom. The Hall–Kier alpha value is -1.86. The van der Waals surface area contributed by atoms with Crippen LogP contribution in [0, 0.1) is 0 Å². The van der Waals surface area contributed by atoms with Crippen LogP contribution in [0.5, 0.6) is 0 Å². The molecule has 1 amide bonds. The zero-order chi connectivity index (χ0) is 14.8. The van der Waals surface area contributed by atoms with Crippen LogP contribution in [0.25, 0.3) is 0 Å². The third-order valence-corrected chi connectivity index (χ3v) is 2.28. The van der Waals surface area contributed by atoms with Crippen LogP contribution >= 0.6 is 0 Å². The minimum Gasteiger partial charge on any atom is -0.378 e. The minimum absolute atomic E-state index is 0.139. The molecule has 0 radical (unpaired) electrons. The first kappa shape index (κ1) is 15.2. The molecule has 1 rings (SSSR count). The van der Waals surface area contributed by atoms with Gasteiger partial charge in [0.05, 0.1) is 0 Å². The molecule has 0 fully saturated rings. The summed E-state index contributed by atoms with van der Waals surface area (Å²) in [5, 5.41) is 1.53. The van der Waals surface area contributed by atoms with Crippen molar-refractivity contribution in [1.29, 1.82) is 0 Å². The average Bonchev–Trinajstić information content (AvgIpc) is 2.28. The monoisotopic (exact) mass is 282 g/mol.